The molecule has 7 nitrogen and oxygen atoms in total. The van der Waals surface area contributed by atoms with Crippen LogP contribution in [0.15, 0.2) is 18.5 Å². The van der Waals surface area contributed by atoms with E-state index in [1.165, 1.54) is 6.33 Å². The van der Waals surface area contributed by atoms with E-state index in [-0.39, 0.29) is 6.09 Å². The van der Waals surface area contributed by atoms with Gasteiger partial charge < -0.3 is 14.5 Å². The molecule has 1 aliphatic rings. The molecule has 0 unspecified atom stereocenters. The molecule has 1 saturated heterocycles. The van der Waals surface area contributed by atoms with Crippen molar-refractivity contribution in [1.29, 1.82) is 0 Å². The molecule has 0 atom stereocenters. The van der Waals surface area contributed by atoms with Crippen molar-refractivity contribution in [3.8, 4) is 0 Å². The lowest BCUT2D eigenvalue weighted by molar-refractivity contribution is 0.0240. The summed E-state index contributed by atoms with van der Waals surface area (Å²) in [5.41, 5.74) is 0.822. The standard InChI is InChI=1S/C16H20ClN5O2/c1-16(2,3)24-15(23)22-8-6-21(7-9-22)12-5-4-11-13(20-12)14(17)19-10-18-11/h4-5,10H,6-9H2,1-3H3. The van der Waals surface area contributed by atoms with Crippen LogP contribution in [0.2, 0.25) is 5.15 Å². The van der Waals surface area contributed by atoms with Crippen LogP contribution in [-0.2, 0) is 4.74 Å². The maximum Gasteiger partial charge on any atom is 0.410 e. The minimum absolute atomic E-state index is 0.273. The molecule has 0 aliphatic carbocycles. The van der Waals surface area contributed by atoms with Crippen molar-refractivity contribution < 1.29 is 9.53 Å². The van der Waals surface area contributed by atoms with Crippen LogP contribution in [0.4, 0.5) is 10.6 Å². The van der Waals surface area contributed by atoms with Crippen molar-refractivity contribution in [2.75, 3.05) is 31.1 Å². The molecule has 3 rings (SSSR count). The van der Waals surface area contributed by atoms with E-state index in [4.69, 9.17) is 16.3 Å². The molecule has 0 bridgehead atoms. The summed E-state index contributed by atoms with van der Waals surface area (Å²) in [6.07, 6.45) is 1.15. The van der Waals surface area contributed by atoms with Crippen LogP contribution >= 0.6 is 11.6 Å². The number of amides is 1. The Morgan fingerprint density at radius 2 is 1.88 bits per heavy atom. The lowest BCUT2D eigenvalue weighted by Gasteiger charge is -2.36. The van der Waals surface area contributed by atoms with Gasteiger partial charge in [-0.25, -0.2) is 19.7 Å². The van der Waals surface area contributed by atoms with Gasteiger partial charge in [0.15, 0.2) is 5.15 Å². The number of piperazine rings is 1. The van der Waals surface area contributed by atoms with Crippen LogP contribution in [0.5, 0.6) is 0 Å². The van der Waals surface area contributed by atoms with Gasteiger partial charge in [-0.15, -0.1) is 0 Å². The van der Waals surface area contributed by atoms with E-state index in [0.717, 1.165) is 5.82 Å². The quantitative estimate of drug-likeness (QED) is 0.737. The van der Waals surface area contributed by atoms with Gasteiger partial charge in [0.1, 0.15) is 23.3 Å². The molecule has 2 aromatic rings. The molecule has 8 heteroatoms. The maximum atomic E-state index is 12.1. The second kappa shape index (κ2) is 6.39. The van der Waals surface area contributed by atoms with Crippen molar-refractivity contribution >= 4 is 34.5 Å². The summed E-state index contributed by atoms with van der Waals surface area (Å²) in [4.78, 5) is 28.6. The van der Waals surface area contributed by atoms with Crippen molar-refractivity contribution in [2.45, 2.75) is 26.4 Å². The second-order valence-electron chi connectivity index (χ2n) is 6.66. The summed E-state index contributed by atoms with van der Waals surface area (Å²) in [7, 11) is 0. The average molecular weight is 350 g/mol. The van der Waals surface area contributed by atoms with Gasteiger partial charge in [-0.05, 0) is 32.9 Å². The summed E-state index contributed by atoms with van der Waals surface area (Å²) in [5.74, 6) is 0.808. The molecule has 2 aromatic heterocycles. The van der Waals surface area contributed by atoms with Crippen molar-refractivity contribution in [3.05, 3.63) is 23.6 Å². The molecule has 0 radical (unpaired) electrons. The molecular weight excluding hydrogens is 330 g/mol. The third-order valence-corrected chi connectivity index (χ3v) is 3.95. The number of rotatable bonds is 1. The first-order chi connectivity index (χ1) is 11.3. The predicted octanol–water partition coefficient (Wildman–Crippen LogP) is 2.74. The maximum absolute atomic E-state index is 12.1. The van der Waals surface area contributed by atoms with Crippen LogP contribution in [-0.4, -0.2) is 57.7 Å². The monoisotopic (exact) mass is 349 g/mol. The molecule has 1 amide bonds. The number of nitrogens with zero attached hydrogens (tertiary/aromatic N) is 5. The smallest absolute Gasteiger partial charge is 0.410 e. The molecule has 1 aliphatic heterocycles. The summed E-state index contributed by atoms with van der Waals surface area (Å²) in [5, 5.41) is 0.342. The number of anilines is 1. The van der Waals surface area contributed by atoms with E-state index in [1.54, 1.807) is 4.90 Å². The van der Waals surface area contributed by atoms with E-state index < -0.39 is 5.60 Å². The number of hydrogen-bond donors (Lipinski definition) is 0. The zero-order chi connectivity index (χ0) is 17.3. The van der Waals surface area contributed by atoms with Gasteiger partial charge in [0, 0.05) is 26.2 Å². The van der Waals surface area contributed by atoms with E-state index in [0.29, 0.717) is 42.4 Å². The largest absolute Gasteiger partial charge is 0.444 e. The van der Waals surface area contributed by atoms with Gasteiger partial charge in [-0.2, -0.15) is 0 Å². The van der Waals surface area contributed by atoms with E-state index in [2.05, 4.69) is 19.9 Å². The normalized spacial score (nSPS) is 15.7. The van der Waals surface area contributed by atoms with Crippen LogP contribution < -0.4 is 4.90 Å². The Labute approximate surface area is 145 Å². The zero-order valence-corrected chi connectivity index (χ0v) is 14.7. The lowest BCUT2D eigenvalue weighted by Crippen LogP contribution is -2.50. The number of carbonyl (C=O) groups is 1. The summed E-state index contributed by atoms with van der Waals surface area (Å²) >= 11 is 6.09. The Hall–Kier alpha value is -2.15. The van der Waals surface area contributed by atoms with Gasteiger partial charge in [0.2, 0.25) is 0 Å². The van der Waals surface area contributed by atoms with Crippen molar-refractivity contribution in [1.82, 2.24) is 19.9 Å². The summed E-state index contributed by atoms with van der Waals surface area (Å²) in [6, 6.07) is 3.79. The minimum Gasteiger partial charge on any atom is -0.444 e. The molecule has 0 spiro atoms. The molecule has 128 valence electrons. The first-order valence-electron chi connectivity index (χ1n) is 7.83. The summed E-state index contributed by atoms with van der Waals surface area (Å²) < 4.78 is 5.41. The number of carbonyl (C=O) groups excluding carboxylic acids is 1. The van der Waals surface area contributed by atoms with Crippen molar-refractivity contribution in [2.24, 2.45) is 0 Å². The second-order valence-corrected chi connectivity index (χ2v) is 7.01. The fourth-order valence-corrected chi connectivity index (χ4v) is 2.70. The van der Waals surface area contributed by atoms with Gasteiger partial charge in [-0.1, -0.05) is 11.6 Å². The van der Waals surface area contributed by atoms with E-state index in [1.807, 2.05) is 32.9 Å². The van der Waals surface area contributed by atoms with E-state index in [9.17, 15) is 4.79 Å². The highest BCUT2D eigenvalue weighted by Gasteiger charge is 2.26. The van der Waals surface area contributed by atoms with Crippen molar-refractivity contribution in [3.63, 3.8) is 0 Å². The third kappa shape index (κ3) is 3.67. The van der Waals surface area contributed by atoms with E-state index >= 15 is 0 Å². The molecule has 24 heavy (non-hydrogen) atoms. The van der Waals surface area contributed by atoms with Crippen LogP contribution in [0.25, 0.3) is 11.0 Å². The highest BCUT2D eigenvalue weighted by atomic mass is 35.5. The minimum atomic E-state index is -0.481. The van der Waals surface area contributed by atoms with Crippen LogP contribution in [0.1, 0.15) is 20.8 Å². The average Bonchev–Trinajstić information content (AvgIpc) is 2.53. The number of pyridine rings is 1. The van der Waals surface area contributed by atoms with Gasteiger partial charge in [-0.3, -0.25) is 0 Å². The highest BCUT2D eigenvalue weighted by Crippen LogP contribution is 2.22. The molecule has 0 N–H and O–H groups in total. The molecule has 0 aromatic carbocycles. The number of halogens is 1. The Balaban J connectivity index is 1.69. The Bertz CT molecular complexity index is 754. The van der Waals surface area contributed by atoms with Crippen LogP contribution in [0.3, 0.4) is 0 Å². The predicted molar refractivity (Wildman–Crippen MR) is 92.4 cm³/mol. The molecule has 3 heterocycles. The Morgan fingerprint density at radius 3 is 2.54 bits per heavy atom. The molecule has 0 saturated carbocycles. The van der Waals surface area contributed by atoms with Crippen LogP contribution in [0, 0.1) is 0 Å². The number of hydrogen-bond acceptors (Lipinski definition) is 6. The number of aromatic nitrogens is 3. The summed E-state index contributed by atoms with van der Waals surface area (Å²) in [6.45, 7) is 8.15. The van der Waals surface area contributed by atoms with Gasteiger partial charge in [0.25, 0.3) is 0 Å². The van der Waals surface area contributed by atoms with Gasteiger partial charge >= 0.3 is 6.09 Å². The Morgan fingerprint density at radius 1 is 1.17 bits per heavy atom. The fraction of sp³-hybridized carbons (Fsp3) is 0.500. The highest BCUT2D eigenvalue weighted by molar-refractivity contribution is 6.33. The number of ether oxygens (including phenoxy) is 1. The molecular formula is C16H20ClN5O2. The zero-order valence-electron chi connectivity index (χ0n) is 14.0. The number of fused-ring (bicyclic) bond motifs is 1. The third-order valence-electron chi connectivity index (χ3n) is 3.68. The lowest BCUT2D eigenvalue weighted by atomic mass is 10.2. The fourth-order valence-electron chi connectivity index (χ4n) is 2.52. The first-order valence-corrected chi connectivity index (χ1v) is 8.21. The van der Waals surface area contributed by atoms with Gasteiger partial charge in [0.05, 0.1) is 5.52 Å². The topological polar surface area (TPSA) is 71.5 Å². The first kappa shape index (κ1) is 16.7. The Kier molecular flexibility index (Phi) is 4.45. The molecule has 1 fully saturated rings. The SMILES string of the molecule is CC(C)(C)OC(=O)N1CCN(c2ccc3ncnc(Cl)c3n2)CC1.